The van der Waals surface area contributed by atoms with Crippen LogP contribution in [0.3, 0.4) is 0 Å². The molecule has 7 heteroatoms. The Morgan fingerprint density at radius 2 is 2.17 bits per heavy atom. The van der Waals surface area contributed by atoms with E-state index in [1.54, 1.807) is 30.3 Å². The molecular formula is C22H24ClIO5. The maximum Gasteiger partial charge on any atom is 0.324 e. The number of carbonyl (C=O) groups excluding carboxylic acids is 1. The maximum absolute atomic E-state index is 12.5. The Morgan fingerprint density at radius 1 is 1.41 bits per heavy atom. The highest BCUT2D eigenvalue weighted by atomic mass is 127. The lowest BCUT2D eigenvalue weighted by Crippen LogP contribution is -2.36. The average molecular weight is 531 g/mol. The van der Waals surface area contributed by atoms with E-state index in [9.17, 15) is 19.8 Å². The predicted molar refractivity (Wildman–Crippen MR) is 122 cm³/mol. The molecule has 156 valence electrons. The number of hydrogen-bond donors (Lipinski definition) is 2. The highest BCUT2D eigenvalue weighted by Crippen LogP contribution is 2.41. The minimum atomic E-state index is -1.28. The summed E-state index contributed by atoms with van der Waals surface area (Å²) in [6.45, 7) is 1.89. The first-order chi connectivity index (χ1) is 13.8. The molecule has 1 aromatic rings. The third kappa shape index (κ3) is 6.42. The topological polar surface area (TPSA) is 83.8 Å². The van der Waals surface area contributed by atoms with Gasteiger partial charge < -0.3 is 14.9 Å². The van der Waals surface area contributed by atoms with Crippen LogP contribution < -0.4 is 4.74 Å². The molecule has 0 bridgehead atoms. The van der Waals surface area contributed by atoms with Gasteiger partial charge in [0, 0.05) is 17.0 Å². The largest absolute Gasteiger partial charge is 0.491 e. The molecular weight excluding hydrogens is 507 g/mol. The van der Waals surface area contributed by atoms with E-state index < -0.39 is 15.5 Å². The predicted octanol–water partition coefficient (Wildman–Crippen LogP) is 4.91. The van der Waals surface area contributed by atoms with Crippen LogP contribution in [0.1, 0.15) is 32.6 Å². The Kier molecular flexibility index (Phi) is 8.92. The number of alkyl halides is 1. The third-order valence-corrected chi connectivity index (χ3v) is 6.36. The summed E-state index contributed by atoms with van der Waals surface area (Å²) in [7, 11) is 0. The SMILES string of the molecule is CC=CCCC(I)(C(=O)O)C1=C(C=CC(O)COc2cccc(Cl)c2)CCC1=O. The zero-order chi connectivity index (χ0) is 21.4. The number of ether oxygens (including phenoxy) is 1. The number of rotatable bonds is 10. The van der Waals surface area contributed by atoms with E-state index in [1.807, 2.05) is 41.7 Å². The van der Waals surface area contributed by atoms with Gasteiger partial charge in [0.05, 0.1) is 0 Å². The highest BCUT2D eigenvalue weighted by molar-refractivity contribution is 14.1. The van der Waals surface area contributed by atoms with Gasteiger partial charge in [0.25, 0.3) is 0 Å². The zero-order valence-electron chi connectivity index (χ0n) is 16.1. The summed E-state index contributed by atoms with van der Waals surface area (Å²) >= 11 is 7.78. The summed E-state index contributed by atoms with van der Waals surface area (Å²) in [6.07, 6.45) is 7.67. The molecule has 29 heavy (non-hydrogen) atoms. The van der Waals surface area contributed by atoms with Gasteiger partial charge in [0.15, 0.2) is 5.78 Å². The first-order valence-electron chi connectivity index (χ1n) is 9.33. The normalized spacial score (nSPS) is 17.9. The summed E-state index contributed by atoms with van der Waals surface area (Å²) < 4.78 is 4.23. The monoisotopic (exact) mass is 530 g/mol. The molecule has 1 aromatic carbocycles. The van der Waals surface area contributed by atoms with E-state index >= 15 is 0 Å². The van der Waals surface area contributed by atoms with Crippen LogP contribution in [0.15, 0.2) is 59.7 Å². The number of Topliss-reactive ketones (excluding diaryl/α,β-unsaturated/α-hetero) is 1. The minimum Gasteiger partial charge on any atom is -0.491 e. The lowest BCUT2D eigenvalue weighted by molar-refractivity contribution is -0.139. The number of halogens is 2. The van der Waals surface area contributed by atoms with Gasteiger partial charge in [-0.15, -0.1) is 0 Å². The number of allylic oxidation sites excluding steroid dienone is 4. The molecule has 0 radical (unpaired) electrons. The molecule has 2 rings (SSSR count). The standard InChI is InChI=1S/C22H24ClIO5/c1-2-3-4-12-22(24,21(27)28)20-15(9-11-19(20)26)8-10-17(25)14-29-18-7-5-6-16(23)13-18/h2-3,5-8,10,13,17,25H,4,9,11-12,14H2,1H3,(H,27,28). The molecule has 1 aliphatic carbocycles. The summed E-state index contributed by atoms with van der Waals surface area (Å²) in [4.78, 5) is 24.5. The fourth-order valence-electron chi connectivity index (χ4n) is 3.13. The number of hydrogen-bond acceptors (Lipinski definition) is 4. The van der Waals surface area contributed by atoms with E-state index in [0.717, 1.165) is 0 Å². The van der Waals surface area contributed by atoms with E-state index in [1.165, 1.54) is 6.08 Å². The van der Waals surface area contributed by atoms with Crippen molar-refractivity contribution in [1.29, 1.82) is 0 Å². The molecule has 0 fully saturated rings. The van der Waals surface area contributed by atoms with Crippen LogP contribution in [0.5, 0.6) is 5.75 Å². The van der Waals surface area contributed by atoms with Gasteiger partial charge >= 0.3 is 5.97 Å². The van der Waals surface area contributed by atoms with Gasteiger partial charge in [-0.05, 0) is 50.0 Å². The molecule has 0 spiro atoms. The third-order valence-electron chi connectivity index (χ3n) is 4.58. The second-order valence-electron chi connectivity index (χ2n) is 6.73. The van der Waals surface area contributed by atoms with Crippen molar-refractivity contribution < 1.29 is 24.5 Å². The summed E-state index contributed by atoms with van der Waals surface area (Å²) in [6, 6.07) is 6.86. The van der Waals surface area contributed by atoms with E-state index in [0.29, 0.717) is 41.2 Å². The van der Waals surface area contributed by atoms with E-state index in [4.69, 9.17) is 16.3 Å². The Bertz CT molecular complexity index is 845. The molecule has 0 heterocycles. The van der Waals surface area contributed by atoms with Crippen LogP contribution in [-0.2, 0) is 9.59 Å². The molecule has 0 saturated carbocycles. The maximum atomic E-state index is 12.5. The van der Waals surface area contributed by atoms with Crippen molar-refractivity contribution in [2.24, 2.45) is 0 Å². The average Bonchev–Trinajstić information content (AvgIpc) is 3.05. The molecule has 0 aliphatic heterocycles. The van der Waals surface area contributed by atoms with Gasteiger partial charge in [-0.25, -0.2) is 0 Å². The van der Waals surface area contributed by atoms with Crippen molar-refractivity contribution in [3.8, 4) is 5.75 Å². The quantitative estimate of drug-likeness (QED) is 0.255. The Hall–Kier alpha value is -1.64. The molecule has 2 atom stereocenters. The van der Waals surface area contributed by atoms with Gasteiger partial charge in [-0.2, -0.15) is 0 Å². The lowest BCUT2D eigenvalue weighted by atomic mass is 9.90. The summed E-state index contributed by atoms with van der Waals surface area (Å²) in [5, 5.41) is 20.6. The first kappa shape index (κ1) is 23.6. The number of aliphatic hydroxyl groups is 1. The number of ketones is 1. The van der Waals surface area contributed by atoms with Crippen molar-refractivity contribution in [2.75, 3.05) is 6.61 Å². The van der Waals surface area contributed by atoms with Crippen molar-refractivity contribution in [2.45, 2.75) is 42.1 Å². The summed E-state index contributed by atoms with van der Waals surface area (Å²) in [5.41, 5.74) is 0.989. The van der Waals surface area contributed by atoms with Gasteiger partial charge in [0.2, 0.25) is 0 Å². The number of aliphatic hydroxyl groups excluding tert-OH is 1. The van der Waals surface area contributed by atoms with Gasteiger partial charge in [-0.3, -0.25) is 9.59 Å². The van der Waals surface area contributed by atoms with Crippen LogP contribution in [0.25, 0.3) is 0 Å². The Labute approximate surface area is 189 Å². The molecule has 5 nitrogen and oxygen atoms in total. The molecule has 1 aliphatic rings. The fraction of sp³-hybridized carbons (Fsp3) is 0.364. The van der Waals surface area contributed by atoms with E-state index in [2.05, 4.69) is 0 Å². The summed E-state index contributed by atoms with van der Waals surface area (Å²) in [5.74, 6) is -0.628. The number of carboxylic acids is 1. The Morgan fingerprint density at radius 3 is 2.83 bits per heavy atom. The van der Waals surface area contributed by atoms with Crippen LogP contribution in [-0.4, -0.2) is 38.1 Å². The fourth-order valence-corrected chi connectivity index (χ4v) is 4.27. The molecule has 2 unspecified atom stereocenters. The van der Waals surface area contributed by atoms with Gasteiger partial charge in [0.1, 0.15) is 21.9 Å². The van der Waals surface area contributed by atoms with Crippen LogP contribution in [0, 0.1) is 0 Å². The minimum absolute atomic E-state index is 0.0169. The van der Waals surface area contributed by atoms with Crippen molar-refractivity contribution in [1.82, 2.24) is 0 Å². The van der Waals surface area contributed by atoms with Crippen molar-refractivity contribution >= 4 is 45.9 Å². The van der Waals surface area contributed by atoms with Crippen molar-refractivity contribution in [3.63, 3.8) is 0 Å². The molecule has 2 N–H and O–H groups in total. The second kappa shape index (κ2) is 10.9. The smallest absolute Gasteiger partial charge is 0.324 e. The Balaban J connectivity index is 2.15. The first-order valence-corrected chi connectivity index (χ1v) is 10.8. The number of benzene rings is 1. The zero-order valence-corrected chi connectivity index (χ0v) is 19.0. The van der Waals surface area contributed by atoms with Gasteiger partial charge in [-0.1, -0.05) is 64.6 Å². The van der Waals surface area contributed by atoms with Crippen LogP contribution in [0.2, 0.25) is 5.02 Å². The highest BCUT2D eigenvalue weighted by Gasteiger charge is 2.45. The lowest BCUT2D eigenvalue weighted by Gasteiger charge is -2.24. The van der Waals surface area contributed by atoms with E-state index in [-0.39, 0.29) is 18.8 Å². The molecule has 0 amide bonds. The van der Waals surface area contributed by atoms with Crippen molar-refractivity contribution in [3.05, 3.63) is 64.7 Å². The number of carboxylic acid groups (broad SMARTS) is 1. The number of aliphatic carboxylic acids is 1. The molecule has 0 saturated heterocycles. The second-order valence-corrected chi connectivity index (χ2v) is 9.01. The van der Waals surface area contributed by atoms with Crippen LogP contribution >= 0.6 is 34.2 Å². The number of carbonyl (C=O) groups is 2. The molecule has 0 aromatic heterocycles. The van der Waals surface area contributed by atoms with Crippen LogP contribution in [0.4, 0.5) is 0 Å².